The zero-order valence-electron chi connectivity index (χ0n) is 12.8. The molecule has 0 radical (unpaired) electrons. The molecule has 0 aliphatic carbocycles. The van der Waals surface area contributed by atoms with Crippen molar-refractivity contribution in [2.24, 2.45) is 0 Å². The van der Waals surface area contributed by atoms with E-state index in [1.807, 2.05) is 41.9 Å². The molecule has 128 valence electrons. The molecule has 2 N–H and O–H groups in total. The van der Waals surface area contributed by atoms with Crippen LogP contribution in [0.4, 0.5) is 11.6 Å². The van der Waals surface area contributed by atoms with Crippen LogP contribution >= 0.6 is 36.2 Å². The second-order valence-corrected chi connectivity index (χ2v) is 5.64. The number of aliphatic hydroxyl groups is 1. The van der Waals surface area contributed by atoms with Crippen molar-refractivity contribution in [3.63, 3.8) is 0 Å². The number of thiazole rings is 1. The van der Waals surface area contributed by atoms with Gasteiger partial charge in [-0.05, 0) is 36.6 Å². The Balaban J connectivity index is 0.00000144. The molecular weight excluding hydrogens is 367 g/mol. The third-order valence-electron chi connectivity index (χ3n) is 3.10. The first kappa shape index (κ1) is 20.3. The summed E-state index contributed by atoms with van der Waals surface area (Å²) >= 11 is 1.56. The number of aryl methyl sites for hydroxylation is 1. The maximum atomic E-state index is 8.84. The number of anilines is 2. The van der Waals surface area contributed by atoms with Crippen LogP contribution in [0.5, 0.6) is 0 Å². The third kappa shape index (κ3) is 5.42. The lowest BCUT2D eigenvalue weighted by molar-refractivity contribution is 0.288. The van der Waals surface area contributed by atoms with E-state index in [4.69, 9.17) is 5.11 Å². The minimum Gasteiger partial charge on any atom is -0.396 e. The van der Waals surface area contributed by atoms with Gasteiger partial charge in [-0.25, -0.2) is 15.0 Å². The fourth-order valence-corrected chi connectivity index (χ4v) is 2.64. The predicted molar refractivity (Wildman–Crippen MR) is 103 cm³/mol. The molecule has 0 spiro atoms. The number of hydrogen-bond donors (Lipinski definition) is 2. The average molecular weight is 385 g/mol. The topological polar surface area (TPSA) is 70.9 Å². The van der Waals surface area contributed by atoms with E-state index in [9.17, 15) is 0 Å². The van der Waals surface area contributed by atoms with Gasteiger partial charge in [0.2, 0.25) is 0 Å². The summed E-state index contributed by atoms with van der Waals surface area (Å²) in [6.07, 6.45) is 5.19. The maximum Gasteiger partial charge on any atom is 0.141 e. The summed E-state index contributed by atoms with van der Waals surface area (Å²) in [7, 11) is 0. The van der Waals surface area contributed by atoms with Crippen molar-refractivity contribution in [3.05, 3.63) is 53.7 Å². The van der Waals surface area contributed by atoms with Crippen LogP contribution in [0, 0.1) is 0 Å². The van der Waals surface area contributed by atoms with E-state index in [2.05, 4.69) is 20.3 Å². The number of rotatable bonds is 6. The van der Waals surface area contributed by atoms with Gasteiger partial charge in [0.1, 0.15) is 22.3 Å². The second-order valence-electron chi connectivity index (χ2n) is 4.75. The Morgan fingerprint density at radius 1 is 1.04 bits per heavy atom. The highest BCUT2D eigenvalue weighted by Gasteiger charge is 2.04. The third-order valence-corrected chi connectivity index (χ3v) is 3.90. The van der Waals surface area contributed by atoms with E-state index in [0.29, 0.717) is 0 Å². The molecule has 0 unspecified atom stereocenters. The summed E-state index contributed by atoms with van der Waals surface area (Å²) in [6.45, 7) is 0.202. The molecule has 0 atom stereocenters. The van der Waals surface area contributed by atoms with Gasteiger partial charge in [-0.1, -0.05) is 12.1 Å². The molecule has 0 bridgehead atoms. The largest absolute Gasteiger partial charge is 0.396 e. The number of halogens is 2. The molecule has 0 fully saturated rings. The summed E-state index contributed by atoms with van der Waals surface area (Å²) in [5.74, 6) is 1.49. The van der Waals surface area contributed by atoms with E-state index >= 15 is 0 Å². The number of hydrogen-bond acceptors (Lipinski definition) is 6. The SMILES string of the molecule is Cl.Cl.OCCCc1ccc(Nc2cccc(-c3nccs3)n2)nc1. The predicted octanol–water partition coefficient (Wildman–Crippen LogP) is 4.11. The number of aromatic nitrogens is 3. The molecule has 3 aromatic heterocycles. The van der Waals surface area contributed by atoms with E-state index in [1.165, 1.54) is 0 Å². The van der Waals surface area contributed by atoms with Crippen LogP contribution in [0.15, 0.2) is 48.1 Å². The first-order valence-corrected chi connectivity index (χ1v) is 7.93. The van der Waals surface area contributed by atoms with Gasteiger partial charge in [0.15, 0.2) is 0 Å². The summed E-state index contributed by atoms with van der Waals surface area (Å²) < 4.78 is 0. The van der Waals surface area contributed by atoms with Gasteiger partial charge in [0.05, 0.1) is 0 Å². The number of nitrogens with zero attached hydrogens (tertiary/aromatic N) is 3. The average Bonchev–Trinajstić information content (AvgIpc) is 3.09. The van der Waals surface area contributed by atoms with Crippen molar-refractivity contribution < 1.29 is 5.11 Å². The Labute approximate surface area is 157 Å². The first-order chi connectivity index (χ1) is 10.8. The van der Waals surface area contributed by atoms with Gasteiger partial charge in [0.25, 0.3) is 0 Å². The molecule has 0 aliphatic rings. The van der Waals surface area contributed by atoms with Crippen LogP contribution in [-0.4, -0.2) is 26.7 Å². The summed E-state index contributed by atoms with van der Waals surface area (Å²) in [6, 6.07) is 9.72. The van der Waals surface area contributed by atoms with Crippen molar-refractivity contribution in [1.29, 1.82) is 0 Å². The Morgan fingerprint density at radius 2 is 1.92 bits per heavy atom. The summed E-state index contributed by atoms with van der Waals surface area (Å²) in [4.78, 5) is 13.2. The lowest BCUT2D eigenvalue weighted by Gasteiger charge is -2.07. The zero-order chi connectivity index (χ0) is 15.2. The Kier molecular flexibility index (Phi) is 8.63. The fraction of sp³-hybridized carbons (Fsp3) is 0.188. The minimum absolute atomic E-state index is 0. The van der Waals surface area contributed by atoms with Crippen LogP contribution in [-0.2, 0) is 6.42 Å². The van der Waals surface area contributed by atoms with Crippen molar-refractivity contribution in [2.45, 2.75) is 12.8 Å². The monoisotopic (exact) mass is 384 g/mol. The summed E-state index contributed by atoms with van der Waals surface area (Å²) in [5.41, 5.74) is 1.96. The molecule has 0 saturated carbocycles. The molecule has 5 nitrogen and oxygen atoms in total. The maximum absolute atomic E-state index is 8.84. The van der Waals surface area contributed by atoms with Crippen LogP contribution in [0.3, 0.4) is 0 Å². The molecule has 3 heterocycles. The Bertz CT molecular complexity index is 723. The molecule has 24 heavy (non-hydrogen) atoms. The van der Waals surface area contributed by atoms with E-state index in [-0.39, 0.29) is 31.4 Å². The van der Waals surface area contributed by atoms with Crippen molar-refractivity contribution in [2.75, 3.05) is 11.9 Å². The zero-order valence-corrected chi connectivity index (χ0v) is 15.2. The highest BCUT2D eigenvalue weighted by Crippen LogP contribution is 2.22. The highest BCUT2D eigenvalue weighted by atomic mass is 35.5. The highest BCUT2D eigenvalue weighted by molar-refractivity contribution is 7.13. The van der Waals surface area contributed by atoms with Crippen molar-refractivity contribution >= 4 is 47.8 Å². The van der Waals surface area contributed by atoms with Crippen LogP contribution < -0.4 is 5.32 Å². The molecule has 8 heteroatoms. The van der Waals surface area contributed by atoms with Crippen LogP contribution in [0.1, 0.15) is 12.0 Å². The molecular formula is C16H18Cl2N4OS. The summed E-state index contributed by atoms with van der Waals surface area (Å²) in [5, 5.41) is 14.9. The number of pyridine rings is 2. The minimum atomic E-state index is 0. The normalized spacial score (nSPS) is 9.71. The van der Waals surface area contributed by atoms with Gasteiger partial charge in [-0.3, -0.25) is 0 Å². The van der Waals surface area contributed by atoms with Crippen LogP contribution in [0.25, 0.3) is 10.7 Å². The smallest absolute Gasteiger partial charge is 0.141 e. The van der Waals surface area contributed by atoms with Crippen molar-refractivity contribution in [3.8, 4) is 10.7 Å². The fourth-order valence-electron chi connectivity index (χ4n) is 2.03. The lowest BCUT2D eigenvalue weighted by atomic mass is 10.2. The van der Waals surface area contributed by atoms with E-state index in [1.54, 1.807) is 17.5 Å². The molecule has 3 aromatic rings. The van der Waals surface area contributed by atoms with Gasteiger partial charge >= 0.3 is 0 Å². The Morgan fingerprint density at radius 3 is 2.58 bits per heavy atom. The first-order valence-electron chi connectivity index (χ1n) is 7.05. The molecule has 3 rings (SSSR count). The number of nitrogens with one attached hydrogen (secondary N) is 1. The standard InChI is InChI=1S/C16H16N4OS.2ClH/c21-9-2-3-12-6-7-14(18-11-12)20-15-5-1-4-13(19-15)16-17-8-10-22-16;;/h1,4-8,10-11,21H,2-3,9H2,(H,18,19,20);2*1H. The molecule has 0 aromatic carbocycles. The van der Waals surface area contributed by atoms with Gasteiger partial charge in [0, 0.05) is 24.4 Å². The molecule has 0 amide bonds. The van der Waals surface area contributed by atoms with Gasteiger partial charge < -0.3 is 10.4 Å². The lowest BCUT2D eigenvalue weighted by Crippen LogP contribution is -1.98. The van der Waals surface area contributed by atoms with E-state index < -0.39 is 0 Å². The van der Waals surface area contributed by atoms with E-state index in [0.717, 1.165) is 40.7 Å². The van der Waals surface area contributed by atoms with Gasteiger partial charge in [-0.2, -0.15) is 0 Å². The second kappa shape index (κ2) is 10.2. The number of aliphatic hydroxyl groups excluding tert-OH is 1. The molecule has 0 aliphatic heterocycles. The van der Waals surface area contributed by atoms with Crippen molar-refractivity contribution in [1.82, 2.24) is 15.0 Å². The quantitative estimate of drug-likeness (QED) is 0.668. The Hall–Kier alpha value is -1.73. The molecule has 0 saturated heterocycles. The van der Waals surface area contributed by atoms with Gasteiger partial charge in [-0.15, -0.1) is 36.2 Å². The van der Waals surface area contributed by atoms with Crippen LogP contribution in [0.2, 0.25) is 0 Å².